The molecule has 2 heterocycles. The number of nitrogens with zero attached hydrogens (tertiary/aromatic N) is 3. The van der Waals surface area contributed by atoms with E-state index in [0.717, 1.165) is 38.2 Å². The Kier molecular flexibility index (Phi) is 6.56. The number of rotatable bonds is 7. The Balaban J connectivity index is 1.21. The van der Waals surface area contributed by atoms with Gasteiger partial charge in [-0.25, -0.2) is 4.98 Å². The summed E-state index contributed by atoms with van der Waals surface area (Å²) < 4.78 is 2.01. The third kappa shape index (κ3) is 5.40. The minimum absolute atomic E-state index is 0.0414. The number of hydrogen-bond donors (Lipinski definition) is 1. The van der Waals surface area contributed by atoms with Gasteiger partial charge in [-0.15, -0.1) is 0 Å². The van der Waals surface area contributed by atoms with Crippen LogP contribution in [0.3, 0.4) is 0 Å². The molecule has 1 aromatic rings. The summed E-state index contributed by atoms with van der Waals surface area (Å²) in [4.78, 5) is 31.8. The van der Waals surface area contributed by atoms with Crippen LogP contribution in [0.2, 0.25) is 0 Å². The van der Waals surface area contributed by atoms with Crippen molar-refractivity contribution in [2.75, 3.05) is 13.1 Å². The average molecular weight is 401 g/mol. The van der Waals surface area contributed by atoms with Crippen molar-refractivity contribution in [2.45, 2.75) is 76.7 Å². The molecule has 1 atom stereocenters. The van der Waals surface area contributed by atoms with Crippen LogP contribution in [0.4, 0.5) is 0 Å². The molecular formula is C23H36N4O2. The Morgan fingerprint density at radius 1 is 1.03 bits per heavy atom. The third-order valence-electron chi connectivity index (χ3n) is 7.18. The van der Waals surface area contributed by atoms with Gasteiger partial charge in [0.25, 0.3) is 0 Å². The number of piperidine rings is 1. The van der Waals surface area contributed by atoms with E-state index in [4.69, 9.17) is 0 Å². The predicted octanol–water partition coefficient (Wildman–Crippen LogP) is 3.59. The molecule has 1 N–H and O–H groups in total. The summed E-state index contributed by atoms with van der Waals surface area (Å²) in [5, 5.41) is 3.25. The second-order valence-electron chi connectivity index (χ2n) is 9.52. The van der Waals surface area contributed by atoms with Crippen molar-refractivity contribution in [3.63, 3.8) is 0 Å². The molecule has 0 bridgehead atoms. The first kappa shape index (κ1) is 20.4. The van der Waals surface area contributed by atoms with E-state index in [9.17, 15) is 9.59 Å². The molecule has 4 rings (SSSR count). The van der Waals surface area contributed by atoms with Gasteiger partial charge in [-0.2, -0.15) is 0 Å². The lowest BCUT2D eigenvalue weighted by Gasteiger charge is -2.33. The molecule has 2 amide bonds. The van der Waals surface area contributed by atoms with Crippen molar-refractivity contribution in [3.05, 3.63) is 18.2 Å². The molecule has 3 fully saturated rings. The smallest absolute Gasteiger partial charge is 0.222 e. The lowest BCUT2D eigenvalue weighted by atomic mass is 9.86. The van der Waals surface area contributed by atoms with Crippen LogP contribution in [-0.4, -0.2) is 39.4 Å². The van der Waals surface area contributed by atoms with Crippen LogP contribution in [0.5, 0.6) is 0 Å². The molecule has 1 aromatic heterocycles. The van der Waals surface area contributed by atoms with Crippen molar-refractivity contribution < 1.29 is 9.59 Å². The van der Waals surface area contributed by atoms with Gasteiger partial charge < -0.3 is 14.8 Å². The highest BCUT2D eigenvalue weighted by atomic mass is 16.2. The summed E-state index contributed by atoms with van der Waals surface area (Å²) in [6.07, 6.45) is 15.6. The molecule has 6 nitrogen and oxygen atoms in total. The summed E-state index contributed by atoms with van der Waals surface area (Å²) in [6.45, 7) is 1.63. The molecule has 0 unspecified atom stereocenters. The second kappa shape index (κ2) is 9.31. The Hall–Kier alpha value is -1.85. The van der Waals surface area contributed by atoms with Crippen molar-refractivity contribution in [1.82, 2.24) is 19.8 Å². The van der Waals surface area contributed by atoms with E-state index >= 15 is 0 Å². The van der Waals surface area contributed by atoms with Gasteiger partial charge in [0.2, 0.25) is 11.8 Å². The Labute approximate surface area is 174 Å². The van der Waals surface area contributed by atoms with Crippen LogP contribution in [0.1, 0.15) is 82.5 Å². The maximum Gasteiger partial charge on any atom is 0.222 e. The number of imidazole rings is 1. The fourth-order valence-electron chi connectivity index (χ4n) is 5.15. The second-order valence-corrected chi connectivity index (χ2v) is 9.52. The first-order valence-electron chi connectivity index (χ1n) is 11.6. The number of aromatic nitrogens is 2. The molecule has 160 valence electrons. The van der Waals surface area contributed by atoms with E-state index in [1.165, 1.54) is 44.9 Å². The lowest BCUT2D eigenvalue weighted by molar-refractivity contribution is -0.134. The van der Waals surface area contributed by atoms with Crippen LogP contribution >= 0.6 is 0 Å². The maximum absolute atomic E-state index is 12.7. The minimum atomic E-state index is 0.0414. The van der Waals surface area contributed by atoms with Gasteiger partial charge in [0.05, 0.1) is 6.04 Å². The van der Waals surface area contributed by atoms with Gasteiger partial charge in [0, 0.05) is 45.4 Å². The monoisotopic (exact) mass is 400 g/mol. The van der Waals surface area contributed by atoms with Crippen LogP contribution in [0.15, 0.2) is 12.4 Å². The average Bonchev–Trinajstić information content (AvgIpc) is 3.48. The Morgan fingerprint density at radius 2 is 1.72 bits per heavy atom. The van der Waals surface area contributed by atoms with Crippen molar-refractivity contribution >= 4 is 11.8 Å². The third-order valence-corrected chi connectivity index (χ3v) is 7.18. The fourth-order valence-corrected chi connectivity index (χ4v) is 5.15. The van der Waals surface area contributed by atoms with Gasteiger partial charge in [0.15, 0.2) is 0 Å². The molecular weight excluding hydrogens is 364 g/mol. The Bertz CT molecular complexity index is 697. The van der Waals surface area contributed by atoms with Gasteiger partial charge in [-0.05, 0) is 56.3 Å². The molecule has 2 aliphatic carbocycles. The zero-order chi connectivity index (χ0) is 20.2. The molecule has 6 heteroatoms. The van der Waals surface area contributed by atoms with Crippen molar-refractivity contribution in [1.29, 1.82) is 0 Å². The van der Waals surface area contributed by atoms with E-state index in [0.29, 0.717) is 30.1 Å². The standard InChI is InChI=1S/C23H36N4O2/c1-26-14-11-24-23(26)22(19-7-8-19)25-20(28)15-18-9-12-27(13-10-18)21(29)16-17-5-3-2-4-6-17/h11,14,17-19,22H,2-10,12-13,15-16H2,1H3,(H,25,28)/t22-/m1/s1. The molecule has 1 saturated heterocycles. The van der Waals surface area contributed by atoms with Gasteiger partial charge in [0.1, 0.15) is 5.82 Å². The lowest BCUT2D eigenvalue weighted by Crippen LogP contribution is -2.41. The summed E-state index contributed by atoms with van der Waals surface area (Å²) in [5.41, 5.74) is 0. The molecule has 0 spiro atoms. The van der Waals surface area contributed by atoms with Crippen LogP contribution < -0.4 is 5.32 Å². The topological polar surface area (TPSA) is 67.2 Å². The fraction of sp³-hybridized carbons (Fsp3) is 0.783. The zero-order valence-electron chi connectivity index (χ0n) is 17.8. The Morgan fingerprint density at radius 3 is 2.34 bits per heavy atom. The number of likely N-dealkylation sites (tertiary alicyclic amines) is 1. The first-order valence-corrected chi connectivity index (χ1v) is 11.6. The van der Waals surface area contributed by atoms with E-state index in [1.54, 1.807) is 6.20 Å². The number of carbonyl (C=O) groups excluding carboxylic acids is 2. The van der Waals surface area contributed by atoms with Gasteiger partial charge >= 0.3 is 0 Å². The molecule has 3 aliphatic rings. The number of hydrogen-bond acceptors (Lipinski definition) is 3. The summed E-state index contributed by atoms with van der Waals surface area (Å²) in [7, 11) is 1.99. The number of carbonyl (C=O) groups is 2. The van der Waals surface area contributed by atoms with Gasteiger partial charge in [-0.1, -0.05) is 19.3 Å². The molecule has 0 radical (unpaired) electrons. The maximum atomic E-state index is 12.7. The highest BCUT2D eigenvalue weighted by Crippen LogP contribution is 2.40. The summed E-state index contributed by atoms with van der Waals surface area (Å²) >= 11 is 0. The number of nitrogens with one attached hydrogen (secondary N) is 1. The molecule has 1 aliphatic heterocycles. The van der Waals surface area contributed by atoms with Crippen LogP contribution in [-0.2, 0) is 16.6 Å². The van der Waals surface area contributed by atoms with E-state index in [2.05, 4.69) is 10.3 Å². The SMILES string of the molecule is Cn1ccnc1[C@H](NC(=O)CC1CCN(C(=O)CC2CCCCC2)CC1)C1CC1. The first-order chi connectivity index (χ1) is 14.1. The molecule has 29 heavy (non-hydrogen) atoms. The van der Waals surface area contributed by atoms with E-state index in [-0.39, 0.29) is 11.9 Å². The van der Waals surface area contributed by atoms with Crippen LogP contribution in [0.25, 0.3) is 0 Å². The quantitative estimate of drug-likeness (QED) is 0.761. The zero-order valence-corrected chi connectivity index (χ0v) is 17.8. The summed E-state index contributed by atoms with van der Waals surface area (Å²) in [5.74, 6) is 2.95. The number of amides is 2. The van der Waals surface area contributed by atoms with E-state index in [1.807, 2.05) is 22.7 Å². The highest BCUT2D eigenvalue weighted by molar-refractivity contribution is 5.77. The largest absolute Gasteiger partial charge is 0.346 e. The predicted molar refractivity (Wildman–Crippen MR) is 112 cm³/mol. The van der Waals surface area contributed by atoms with E-state index < -0.39 is 0 Å². The van der Waals surface area contributed by atoms with Crippen molar-refractivity contribution in [2.24, 2.45) is 24.8 Å². The minimum Gasteiger partial charge on any atom is -0.346 e. The molecule has 2 saturated carbocycles. The summed E-state index contributed by atoms with van der Waals surface area (Å²) in [6, 6.07) is 0.0414. The molecule has 0 aromatic carbocycles. The van der Waals surface area contributed by atoms with Crippen LogP contribution in [0, 0.1) is 17.8 Å². The number of aryl methyl sites for hydroxylation is 1. The van der Waals surface area contributed by atoms with Gasteiger partial charge in [-0.3, -0.25) is 9.59 Å². The van der Waals surface area contributed by atoms with Crippen molar-refractivity contribution in [3.8, 4) is 0 Å². The normalized spacial score (nSPS) is 22.4. The highest BCUT2D eigenvalue weighted by Gasteiger charge is 2.36.